The Kier molecular flexibility index (Phi) is 2.79. The van der Waals surface area contributed by atoms with Crippen LogP contribution in [0.2, 0.25) is 0 Å². The van der Waals surface area contributed by atoms with E-state index in [1.807, 2.05) is 0 Å². The molecular weight excluding hydrogens is 241 g/mol. The number of thioether (sulfide) groups is 1. The molecule has 2 heterocycles. The Labute approximate surface area is 93.6 Å². The summed E-state index contributed by atoms with van der Waals surface area (Å²) in [4.78, 5) is 16.1. The summed E-state index contributed by atoms with van der Waals surface area (Å²) in [6.45, 7) is 0. The zero-order valence-corrected chi connectivity index (χ0v) is 8.81. The zero-order valence-electron chi connectivity index (χ0n) is 7.99. The van der Waals surface area contributed by atoms with Crippen molar-refractivity contribution < 1.29 is 18.0 Å². The largest absolute Gasteiger partial charge is 0.417 e. The van der Waals surface area contributed by atoms with Gasteiger partial charge in [-0.3, -0.25) is 9.78 Å². The molecule has 0 aliphatic carbocycles. The van der Waals surface area contributed by atoms with Gasteiger partial charge in [0.1, 0.15) is 0 Å². The van der Waals surface area contributed by atoms with Gasteiger partial charge in [-0.05, 0) is 6.07 Å². The summed E-state index contributed by atoms with van der Waals surface area (Å²) < 4.78 is 37.2. The van der Waals surface area contributed by atoms with E-state index < -0.39 is 11.7 Å². The average Bonchev–Trinajstić information content (AvgIpc) is 2.63. The number of carbonyl (C=O) groups excluding carboxylic acids is 1. The molecule has 1 amide bonds. The molecule has 0 radical (unpaired) electrons. The Morgan fingerprint density at radius 1 is 1.38 bits per heavy atom. The molecule has 0 saturated carbocycles. The summed E-state index contributed by atoms with van der Waals surface area (Å²) in [6, 6.07) is 0.941. The summed E-state index contributed by atoms with van der Waals surface area (Å²) in [7, 11) is 0. The fourth-order valence-corrected chi connectivity index (χ4v) is 2.22. The van der Waals surface area contributed by atoms with Crippen molar-refractivity contribution in [2.45, 2.75) is 6.18 Å². The predicted molar refractivity (Wildman–Crippen MR) is 54.1 cm³/mol. The van der Waals surface area contributed by atoms with Gasteiger partial charge in [-0.25, -0.2) is 0 Å². The molecule has 86 valence electrons. The van der Waals surface area contributed by atoms with E-state index in [9.17, 15) is 18.0 Å². The van der Waals surface area contributed by atoms with Crippen molar-refractivity contribution in [3.8, 4) is 0 Å². The topological polar surface area (TPSA) is 33.2 Å². The van der Waals surface area contributed by atoms with Crippen LogP contribution in [0.1, 0.15) is 5.56 Å². The van der Waals surface area contributed by atoms with Crippen LogP contribution in [0.3, 0.4) is 0 Å². The van der Waals surface area contributed by atoms with Gasteiger partial charge in [-0.1, -0.05) is 0 Å². The normalized spacial score (nSPS) is 16.9. The average molecular weight is 248 g/mol. The molecule has 1 saturated heterocycles. The first-order valence-corrected chi connectivity index (χ1v) is 5.54. The number of carbonyl (C=O) groups is 1. The Hall–Kier alpha value is -1.24. The minimum atomic E-state index is -4.43. The highest BCUT2D eigenvalue weighted by Gasteiger charge is 2.32. The molecule has 1 aromatic rings. The molecule has 1 fully saturated rings. The SMILES string of the molecule is O=C1CSCN1c1cncc(C(F)(F)F)c1. The Bertz CT molecular complexity index is 421. The quantitative estimate of drug-likeness (QED) is 0.763. The lowest BCUT2D eigenvalue weighted by atomic mass is 10.2. The van der Waals surface area contributed by atoms with E-state index in [-0.39, 0.29) is 11.6 Å². The lowest BCUT2D eigenvalue weighted by Gasteiger charge is -2.15. The van der Waals surface area contributed by atoms with Crippen LogP contribution < -0.4 is 4.90 Å². The van der Waals surface area contributed by atoms with E-state index in [1.54, 1.807) is 0 Å². The van der Waals surface area contributed by atoms with Gasteiger partial charge in [0.15, 0.2) is 0 Å². The number of aromatic nitrogens is 1. The lowest BCUT2D eigenvalue weighted by molar-refractivity contribution is -0.137. The van der Waals surface area contributed by atoms with Crippen molar-refractivity contribution >= 4 is 23.4 Å². The van der Waals surface area contributed by atoms with E-state index in [0.29, 0.717) is 11.6 Å². The Morgan fingerprint density at radius 2 is 2.12 bits per heavy atom. The van der Waals surface area contributed by atoms with Crippen LogP contribution in [0.5, 0.6) is 0 Å². The van der Waals surface area contributed by atoms with Crippen molar-refractivity contribution in [3.05, 3.63) is 24.0 Å². The number of alkyl halides is 3. The second-order valence-electron chi connectivity index (χ2n) is 3.23. The Morgan fingerprint density at radius 3 is 2.69 bits per heavy atom. The van der Waals surface area contributed by atoms with Gasteiger partial charge in [0, 0.05) is 6.20 Å². The predicted octanol–water partition coefficient (Wildman–Crippen LogP) is 2.14. The van der Waals surface area contributed by atoms with E-state index >= 15 is 0 Å². The third-order valence-corrected chi connectivity index (χ3v) is 3.00. The van der Waals surface area contributed by atoms with Crippen LogP contribution in [-0.4, -0.2) is 22.5 Å². The molecule has 0 aromatic carbocycles. The molecule has 2 rings (SSSR count). The van der Waals surface area contributed by atoms with Crippen molar-refractivity contribution in [2.75, 3.05) is 16.5 Å². The van der Waals surface area contributed by atoms with Gasteiger partial charge in [0.05, 0.1) is 29.1 Å². The molecule has 0 bridgehead atoms. The number of halogens is 3. The van der Waals surface area contributed by atoms with Crippen LogP contribution in [0.15, 0.2) is 18.5 Å². The van der Waals surface area contributed by atoms with Crippen LogP contribution in [0.25, 0.3) is 0 Å². The summed E-state index contributed by atoms with van der Waals surface area (Å²) in [6.07, 6.45) is -2.42. The molecule has 7 heteroatoms. The van der Waals surface area contributed by atoms with Gasteiger partial charge >= 0.3 is 6.18 Å². The van der Waals surface area contributed by atoms with E-state index in [1.165, 1.54) is 22.9 Å². The second-order valence-corrected chi connectivity index (χ2v) is 4.18. The molecule has 1 aromatic heterocycles. The standard InChI is InChI=1S/C9H7F3N2OS/c10-9(11,12)6-1-7(3-13-2-6)14-5-16-4-8(14)15/h1-3H,4-5H2. The third-order valence-electron chi connectivity index (χ3n) is 2.11. The molecule has 3 nitrogen and oxygen atoms in total. The molecule has 1 aliphatic heterocycles. The smallest absolute Gasteiger partial charge is 0.300 e. The minimum Gasteiger partial charge on any atom is -0.300 e. The monoisotopic (exact) mass is 248 g/mol. The molecular formula is C9H7F3N2OS. The van der Waals surface area contributed by atoms with Crippen LogP contribution in [0.4, 0.5) is 18.9 Å². The van der Waals surface area contributed by atoms with E-state index in [2.05, 4.69) is 4.98 Å². The summed E-state index contributed by atoms with van der Waals surface area (Å²) in [5.74, 6) is 0.490. The maximum Gasteiger partial charge on any atom is 0.417 e. The van der Waals surface area contributed by atoms with Crippen LogP contribution in [0, 0.1) is 0 Å². The maximum atomic E-state index is 12.4. The number of amides is 1. The van der Waals surface area contributed by atoms with Gasteiger partial charge < -0.3 is 4.90 Å². The van der Waals surface area contributed by atoms with Crippen molar-refractivity contribution in [1.82, 2.24) is 4.98 Å². The van der Waals surface area contributed by atoms with Crippen molar-refractivity contribution in [2.24, 2.45) is 0 Å². The number of anilines is 1. The highest BCUT2D eigenvalue weighted by Crippen LogP contribution is 2.32. The lowest BCUT2D eigenvalue weighted by Crippen LogP contribution is -2.25. The minimum absolute atomic E-state index is 0.189. The van der Waals surface area contributed by atoms with Gasteiger partial charge in [-0.2, -0.15) is 13.2 Å². The molecule has 0 unspecified atom stereocenters. The van der Waals surface area contributed by atoms with Gasteiger partial charge in [0.2, 0.25) is 5.91 Å². The fraction of sp³-hybridized carbons (Fsp3) is 0.333. The maximum absolute atomic E-state index is 12.4. The second kappa shape index (κ2) is 3.97. The highest BCUT2D eigenvalue weighted by atomic mass is 32.2. The van der Waals surface area contributed by atoms with Gasteiger partial charge in [0.25, 0.3) is 0 Å². The van der Waals surface area contributed by atoms with Crippen molar-refractivity contribution in [3.63, 3.8) is 0 Å². The molecule has 0 N–H and O–H groups in total. The molecule has 0 atom stereocenters. The van der Waals surface area contributed by atoms with Crippen molar-refractivity contribution in [1.29, 1.82) is 0 Å². The summed E-state index contributed by atoms with van der Waals surface area (Å²) >= 11 is 1.37. The Balaban J connectivity index is 2.32. The van der Waals surface area contributed by atoms with Gasteiger partial charge in [-0.15, -0.1) is 11.8 Å². The van der Waals surface area contributed by atoms with E-state index in [4.69, 9.17) is 0 Å². The number of hydrogen-bond acceptors (Lipinski definition) is 3. The summed E-state index contributed by atoms with van der Waals surface area (Å²) in [5.41, 5.74) is -0.639. The fourth-order valence-electron chi connectivity index (χ4n) is 1.32. The zero-order chi connectivity index (χ0) is 11.8. The van der Waals surface area contributed by atoms with E-state index in [0.717, 1.165) is 12.3 Å². The number of nitrogens with zero attached hydrogens (tertiary/aromatic N) is 2. The third kappa shape index (κ3) is 2.13. The van der Waals surface area contributed by atoms with Crippen LogP contribution in [-0.2, 0) is 11.0 Å². The molecule has 16 heavy (non-hydrogen) atoms. The first kappa shape index (κ1) is 11.3. The summed E-state index contributed by atoms with van der Waals surface area (Å²) in [5, 5.41) is 0. The first-order chi connectivity index (χ1) is 7.48. The first-order valence-electron chi connectivity index (χ1n) is 4.39. The number of pyridine rings is 1. The number of rotatable bonds is 1. The molecule has 0 spiro atoms. The highest BCUT2D eigenvalue weighted by molar-refractivity contribution is 8.00. The molecule has 1 aliphatic rings. The van der Waals surface area contributed by atoms with Crippen LogP contribution >= 0.6 is 11.8 Å². The number of hydrogen-bond donors (Lipinski definition) is 0.